The fourth-order valence-electron chi connectivity index (χ4n) is 1.21. The summed E-state index contributed by atoms with van der Waals surface area (Å²) in [6.07, 6.45) is 0. The highest BCUT2D eigenvalue weighted by Gasteiger charge is 2.10. The lowest BCUT2D eigenvalue weighted by Crippen LogP contribution is -2.34. The number of hydrogen-bond acceptors (Lipinski definition) is 6. The van der Waals surface area contributed by atoms with Crippen LogP contribution in [-0.4, -0.2) is 29.1 Å². The number of ether oxygens (including phenoxy) is 1. The van der Waals surface area contributed by atoms with Crippen molar-refractivity contribution >= 4 is 23.3 Å². The standard InChI is InChI=1S/C12H12N2O6/c1-8(15)12(17)13-6-11(16)20-7-9-2-4-10(5-3-9)14(18)19/h2-5H,6-7H2,1H3,(H,13,17). The predicted molar refractivity (Wildman–Crippen MR) is 66.6 cm³/mol. The smallest absolute Gasteiger partial charge is 0.325 e. The van der Waals surface area contributed by atoms with Crippen LogP contribution in [0, 0.1) is 10.1 Å². The number of amides is 1. The van der Waals surface area contributed by atoms with E-state index in [1.54, 1.807) is 0 Å². The predicted octanol–water partition coefficient (Wildman–Crippen LogP) is 0.343. The number of benzene rings is 1. The highest BCUT2D eigenvalue weighted by Crippen LogP contribution is 2.12. The van der Waals surface area contributed by atoms with E-state index >= 15 is 0 Å². The largest absolute Gasteiger partial charge is 0.460 e. The van der Waals surface area contributed by atoms with Gasteiger partial charge < -0.3 is 10.1 Å². The normalized spacial score (nSPS) is 9.65. The van der Waals surface area contributed by atoms with Gasteiger partial charge in [0.05, 0.1) is 4.92 Å². The summed E-state index contributed by atoms with van der Waals surface area (Å²) in [4.78, 5) is 42.7. The van der Waals surface area contributed by atoms with Crippen molar-refractivity contribution in [2.45, 2.75) is 13.5 Å². The summed E-state index contributed by atoms with van der Waals surface area (Å²) < 4.78 is 4.82. The number of ketones is 1. The number of nitrogens with zero attached hydrogens (tertiary/aromatic N) is 1. The zero-order chi connectivity index (χ0) is 15.1. The second kappa shape index (κ2) is 6.98. The molecule has 0 bridgehead atoms. The summed E-state index contributed by atoms with van der Waals surface area (Å²) in [5, 5.41) is 12.5. The van der Waals surface area contributed by atoms with Crippen molar-refractivity contribution in [1.29, 1.82) is 0 Å². The number of nitro groups is 1. The molecule has 8 heteroatoms. The highest BCUT2D eigenvalue weighted by molar-refractivity contribution is 6.35. The molecule has 0 aliphatic carbocycles. The van der Waals surface area contributed by atoms with Crippen molar-refractivity contribution in [3.8, 4) is 0 Å². The first-order valence-electron chi connectivity index (χ1n) is 5.58. The molecular weight excluding hydrogens is 268 g/mol. The Morgan fingerprint density at radius 1 is 1.25 bits per heavy atom. The summed E-state index contributed by atoms with van der Waals surface area (Å²) in [5.74, 6) is -2.27. The van der Waals surface area contributed by atoms with Crippen molar-refractivity contribution in [2.75, 3.05) is 6.54 Å². The van der Waals surface area contributed by atoms with Crippen molar-refractivity contribution < 1.29 is 24.0 Å². The SMILES string of the molecule is CC(=O)C(=O)NCC(=O)OCc1ccc([N+](=O)[O-])cc1. The van der Waals surface area contributed by atoms with Crippen LogP contribution in [0.4, 0.5) is 5.69 Å². The lowest BCUT2D eigenvalue weighted by Gasteiger charge is -2.05. The molecule has 1 N–H and O–H groups in total. The van der Waals surface area contributed by atoms with Gasteiger partial charge in [-0.2, -0.15) is 0 Å². The number of carbonyl (C=O) groups is 3. The molecule has 0 radical (unpaired) electrons. The minimum absolute atomic E-state index is 0.0613. The van der Waals surface area contributed by atoms with Crippen molar-refractivity contribution in [2.24, 2.45) is 0 Å². The van der Waals surface area contributed by atoms with E-state index in [1.165, 1.54) is 24.3 Å². The van der Waals surface area contributed by atoms with Crippen LogP contribution < -0.4 is 5.32 Å². The summed E-state index contributed by atoms with van der Waals surface area (Å²) in [7, 11) is 0. The van der Waals surface area contributed by atoms with E-state index in [1.807, 2.05) is 0 Å². The average molecular weight is 280 g/mol. The third-order valence-electron chi connectivity index (χ3n) is 2.26. The van der Waals surface area contributed by atoms with Crippen molar-refractivity contribution in [3.05, 3.63) is 39.9 Å². The molecule has 1 rings (SSSR count). The molecule has 0 aromatic heterocycles. The van der Waals surface area contributed by atoms with Gasteiger partial charge in [0.25, 0.3) is 11.6 Å². The van der Waals surface area contributed by atoms with Gasteiger partial charge >= 0.3 is 5.97 Å². The first-order chi connectivity index (χ1) is 9.40. The molecule has 1 aromatic carbocycles. The Morgan fingerprint density at radius 3 is 2.35 bits per heavy atom. The van der Waals surface area contributed by atoms with Crippen LogP contribution in [0.25, 0.3) is 0 Å². The summed E-state index contributed by atoms with van der Waals surface area (Å²) in [5.41, 5.74) is 0.510. The maximum Gasteiger partial charge on any atom is 0.325 e. The quantitative estimate of drug-likeness (QED) is 0.348. The Balaban J connectivity index is 2.39. The molecule has 0 saturated carbocycles. The second-order valence-electron chi connectivity index (χ2n) is 3.82. The molecule has 106 valence electrons. The molecule has 1 aromatic rings. The minimum Gasteiger partial charge on any atom is -0.460 e. The van der Waals surface area contributed by atoms with Crippen LogP contribution in [0.15, 0.2) is 24.3 Å². The fourth-order valence-corrected chi connectivity index (χ4v) is 1.21. The molecular formula is C12H12N2O6. The van der Waals surface area contributed by atoms with Gasteiger partial charge in [-0.05, 0) is 17.7 Å². The van der Waals surface area contributed by atoms with E-state index in [0.717, 1.165) is 6.92 Å². The number of hydrogen-bond donors (Lipinski definition) is 1. The first kappa shape index (κ1) is 15.3. The van der Waals surface area contributed by atoms with E-state index < -0.39 is 29.1 Å². The molecule has 0 saturated heterocycles. The topological polar surface area (TPSA) is 116 Å². The number of nitro benzene ring substituents is 1. The van der Waals surface area contributed by atoms with Crippen LogP contribution in [0.3, 0.4) is 0 Å². The molecule has 0 fully saturated rings. The lowest BCUT2D eigenvalue weighted by molar-refractivity contribution is -0.384. The van der Waals surface area contributed by atoms with Gasteiger partial charge in [-0.3, -0.25) is 24.5 Å². The maximum atomic E-state index is 11.3. The maximum absolute atomic E-state index is 11.3. The summed E-state index contributed by atoms with van der Waals surface area (Å²) in [6.45, 7) is 0.593. The number of non-ortho nitro benzene ring substituents is 1. The third kappa shape index (κ3) is 4.84. The van der Waals surface area contributed by atoms with Crippen molar-refractivity contribution in [3.63, 3.8) is 0 Å². The summed E-state index contributed by atoms with van der Waals surface area (Å²) >= 11 is 0. The number of esters is 1. The van der Waals surface area contributed by atoms with Gasteiger partial charge in [0, 0.05) is 19.1 Å². The molecule has 8 nitrogen and oxygen atoms in total. The van der Waals surface area contributed by atoms with Crippen LogP contribution in [-0.2, 0) is 25.7 Å². The van der Waals surface area contributed by atoms with Crippen LogP contribution in [0.5, 0.6) is 0 Å². The number of nitrogens with one attached hydrogen (secondary N) is 1. The summed E-state index contributed by atoms with van der Waals surface area (Å²) in [6, 6.07) is 5.50. The molecule has 1 amide bonds. The van der Waals surface area contributed by atoms with Gasteiger partial charge in [0.2, 0.25) is 5.78 Å². The Bertz CT molecular complexity index is 537. The number of rotatable bonds is 6. The van der Waals surface area contributed by atoms with Gasteiger partial charge in [0.15, 0.2) is 0 Å². The monoisotopic (exact) mass is 280 g/mol. The molecule has 0 unspecified atom stereocenters. The molecule has 0 aliphatic heterocycles. The van der Waals surface area contributed by atoms with Gasteiger partial charge in [-0.15, -0.1) is 0 Å². The number of carbonyl (C=O) groups excluding carboxylic acids is 3. The van der Waals surface area contributed by atoms with Crippen LogP contribution >= 0.6 is 0 Å². The number of Topliss-reactive ketones (excluding diaryl/α,β-unsaturated/α-hetero) is 1. The van der Waals surface area contributed by atoms with E-state index in [4.69, 9.17) is 4.74 Å². The van der Waals surface area contributed by atoms with E-state index in [-0.39, 0.29) is 12.3 Å². The molecule has 20 heavy (non-hydrogen) atoms. The Labute approximate surface area is 113 Å². The lowest BCUT2D eigenvalue weighted by atomic mass is 10.2. The molecule has 0 aliphatic rings. The van der Waals surface area contributed by atoms with E-state index in [9.17, 15) is 24.5 Å². The molecule has 0 atom stereocenters. The Morgan fingerprint density at radius 2 is 1.85 bits per heavy atom. The Kier molecular flexibility index (Phi) is 5.33. The minimum atomic E-state index is -0.864. The fraction of sp³-hybridized carbons (Fsp3) is 0.250. The van der Waals surface area contributed by atoms with Crippen LogP contribution in [0.1, 0.15) is 12.5 Å². The van der Waals surface area contributed by atoms with Gasteiger partial charge in [-0.25, -0.2) is 0 Å². The zero-order valence-corrected chi connectivity index (χ0v) is 10.6. The van der Waals surface area contributed by atoms with Crippen molar-refractivity contribution in [1.82, 2.24) is 5.32 Å². The average Bonchev–Trinajstić information content (AvgIpc) is 2.42. The van der Waals surface area contributed by atoms with Crippen LogP contribution in [0.2, 0.25) is 0 Å². The van der Waals surface area contributed by atoms with Gasteiger partial charge in [-0.1, -0.05) is 0 Å². The molecule has 0 heterocycles. The third-order valence-corrected chi connectivity index (χ3v) is 2.26. The van der Waals surface area contributed by atoms with Gasteiger partial charge in [0.1, 0.15) is 13.2 Å². The Hall–Kier alpha value is -2.77. The van der Waals surface area contributed by atoms with E-state index in [0.29, 0.717) is 5.56 Å². The first-order valence-corrected chi connectivity index (χ1v) is 5.58. The molecule has 0 spiro atoms. The highest BCUT2D eigenvalue weighted by atomic mass is 16.6. The van der Waals surface area contributed by atoms with E-state index in [2.05, 4.69) is 5.32 Å². The zero-order valence-electron chi connectivity index (χ0n) is 10.6. The second-order valence-corrected chi connectivity index (χ2v) is 3.82.